The van der Waals surface area contributed by atoms with Gasteiger partial charge < -0.3 is 9.72 Å². The third-order valence-corrected chi connectivity index (χ3v) is 8.16. The third-order valence-electron chi connectivity index (χ3n) is 6.77. The molecule has 174 valence electrons. The van der Waals surface area contributed by atoms with Crippen molar-refractivity contribution < 1.29 is 17.9 Å². The van der Waals surface area contributed by atoms with Gasteiger partial charge in [0, 0.05) is 28.9 Å². The highest BCUT2D eigenvalue weighted by Crippen LogP contribution is 2.52. The summed E-state index contributed by atoms with van der Waals surface area (Å²) < 4.78 is 34.7. The summed E-state index contributed by atoms with van der Waals surface area (Å²) in [6, 6.07) is 8.70. The fourth-order valence-electron chi connectivity index (χ4n) is 4.45. The number of ether oxygens (including phenoxy) is 1. The molecule has 2 heterocycles. The Labute approximate surface area is 194 Å². The second-order valence-corrected chi connectivity index (χ2v) is 11.3. The summed E-state index contributed by atoms with van der Waals surface area (Å²) in [5.41, 5.74) is 1.58. The molecule has 0 radical (unpaired) electrons. The summed E-state index contributed by atoms with van der Waals surface area (Å²) in [4.78, 5) is 21.1. The van der Waals surface area contributed by atoms with E-state index in [1.54, 1.807) is 24.4 Å². The van der Waals surface area contributed by atoms with Crippen LogP contribution in [0.1, 0.15) is 63.0 Å². The Hall–Kier alpha value is -2.87. The highest BCUT2D eigenvalue weighted by Gasteiger charge is 2.54. The van der Waals surface area contributed by atoms with Gasteiger partial charge in [-0.2, -0.15) is 0 Å². The van der Waals surface area contributed by atoms with Crippen molar-refractivity contribution in [3.05, 3.63) is 53.9 Å². The second kappa shape index (κ2) is 8.17. The van der Waals surface area contributed by atoms with Crippen molar-refractivity contribution in [1.29, 1.82) is 0 Å². The molecule has 2 aromatic heterocycles. The molecule has 8 heteroatoms. The van der Waals surface area contributed by atoms with E-state index in [1.165, 1.54) is 12.5 Å². The summed E-state index contributed by atoms with van der Waals surface area (Å²) in [5, 5.41) is 0.553. The van der Waals surface area contributed by atoms with E-state index >= 15 is 0 Å². The van der Waals surface area contributed by atoms with E-state index in [-0.39, 0.29) is 4.90 Å². The van der Waals surface area contributed by atoms with Crippen LogP contribution in [-0.2, 0) is 20.2 Å². The molecule has 0 bridgehead atoms. The molecule has 2 N–H and O–H groups in total. The van der Waals surface area contributed by atoms with Gasteiger partial charge in [-0.05, 0) is 67.3 Å². The molecule has 7 nitrogen and oxygen atoms in total. The van der Waals surface area contributed by atoms with Crippen molar-refractivity contribution in [2.75, 3.05) is 6.61 Å². The zero-order valence-electron chi connectivity index (χ0n) is 18.9. The van der Waals surface area contributed by atoms with Gasteiger partial charge in [0.2, 0.25) is 11.8 Å². The number of aromatic amines is 1. The SMILES string of the molecule is CC(C)COc1ncc(C2CCC2)cc1C1(C(=O)NS(=O)(=O)c2cccc3[nH]ccc23)CC1. The highest BCUT2D eigenvalue weighted by atomic mass is 32.2. The van der Waals surface area contributed by atoms with Crippen LogP contribution in [0.4, 0.5) is 0 Å². The van der Waals surface area contributed by atoms with Crippen molar-refractivity contribution in [3.63, 3.8) is 0 Å². The Morgan fingerprint density at radius 1 is 1.27 bits per heavy atom. The lowest BCUT2D eigenvalue weighted by molar-refractivity contribution is -0.121. The predicted molar refractivity (Wildman–Crippen MR) is 126 cm³/mol. The van der Waals surface area contributed by atoms with Gasteiger partial charge in [-0.1, -0.05) is 26.3 Å². The van der Waals surface area contributed by atoms with Crippen LogP contribution < -0.4 is 9.46 Å². The minimum atomic E-state index is -4.05. The van der Waals surface area contributed by atoms with Crippen molar-refractivity contribution in [3.8, 4) is 5.88 Å². The number of nitrogens with one attached hydrogen (secondary N) is 2. The summed E-state index contributed by atoms with van der Waals surface area (Å²) in [5.74, 6) is 0.669. The molecule has 0 unspecified atom stereocenters. The van der Waals surface area contributed by atoms with Gasteiger partial charge in [-0.3, -0.25) is 4.79 Å². The molecule has 2 aliphatic carbocycles. The molecule has 0 saturated heterocycles. The molecule has 0 atom stereocenters. The number of hydrogen-bond donors (Lipinski definition) is 2. The van der Waals surface area contributed by atoms with E-state index in [9.17, 15) is 13.2 Å². The lowest BCUT2D eigenvalue weighted by Crippen LogP contribution is -2.39. The summed E-state index contributed by atoms with van der Waals surface area (Å²) in [7, 11) is -4.05. The number of hydrogen-bond acceptors (Lipinski definition) is 5. The lowest BCUT2D eigenvalue weighted by Gasteiger charge is -2.27. The average molecular weight is 468 g/mol. The van der Waals surface area contributed by atoms with Crippen molar-refractivity contribution >= 4 is 26.8 Å². The Bertz CT molecular complexity index is 1300. The fourth-order valence-corrected chi connectivity index (χ4v) is 5.72. The number of carbonyl (C=O) groups excluding carboxylic acids is 1. The molecule has 3 aromatic rings. The van der Waals surface area contributed by atoms with E-state index in [0.717, 1.165) is 18.4 Å². The number of amides is 1. The zero-order chi connectivity index (χ0) is 23.2. The van der Waals surface area contributed by atoms with Crippen molar-refractivity contribution in [1.82, 2.24) is 14.7 Å². The first-order chi connectivity index (χ1) is 15.8. The van der Waals surface area contributed by atoms with Gasteiger partial charge in [0.15, 0.2) is 0 Å². The first-order valence-electron chi connectivity index (χ1n) is 11.6. The van der Waals surface area contributed by atoms with E-state index < -0.39 is 21.3 Å². The number of fused-ring (bicyclic) bond motifs is 1. The second-order valence-electron chi connectivity index (χ2n) is 9.67. The maximum Gasteiger partial charge on any atom is 0.264 e. The van der Waals surface area contributed by atoms with Gasteiger partial charge in [-0.15, -0.1) is 0 Å². The van der Waals surface area contributed by atoms with Crippen LogP contribution in [-0.4, -0.2) is 30.9 Å². The molecular formula is C25H29N3O4S. The van der Waals surface area contributed by atoms with Gasteiger partial charge in [-0.25, -0.2) is 18.1 Å². The summed E-state index contributed by atoms with van der Waals surface area (Å²) in [6.45, 7) is 4.58. The topological polar surface area (TPSA) is 101 Å². The maximum absolute atomic E-state index is 13.5. The smallest absolute Gasteiger partial charge is 0.264 e. The summed E-state index contributed by atoms with van der Waals surface area (Å²) in [6.07, 6.45) is 8.08. The van der Waals surface area contributed by atoms with Crippen molar-refractivity contribution in [2.24, 2.45) is 5.92 Å². The van der Waals surface area contributed by atoms with Gasteiger partial charge in [0.1, 0.15) is 0 Å². The van der Waals surface area contributed by atoms with E-state index in [2.05, 4.69) is 28.5 Å². The number of H-pyrrole nitrogens is 1. The average Bonchev–Trinajstić information content (AvgIpc) is 3.41. The van der Waals surface area contributed by atoms with E-state index in [4.69, 9.17) is 4.74 Å². The third kappa shape index (κ3) is 4.01. The Morgan fingerprint density at radius 2 is 2.06 bits per heavy atom. The van der Waals surface area contributed by atoms with Crippen LogP contribution in [0.25, 0.3) is 10.9 Å². The van der Waals surface area contributed by atoms with Crippen LogP contribution >= 0.6 is 0 Å². The van der Waals surface area contributed by atoms with Crippen LogP contribution in [0, 0.1) is 5.92 Å². The quantitative estimate of drug-likeness (QED) is 0.511. The molecule has 0 spiro atoms. The number of rotatable bonds is 8. The van der Waals surface area contributed by atoms with Crippen LogP contribution in [0.15, 0.2) is 47.6 Å². The number of carbonyl (C=O) groups is 1. The van der Waals surface area contributed by atoms with E-state index in [0.29, 0.717) is 53.6 Å². The molecule has 0 aliphatic heterocycles. The van der Waals surface area contributed by atoms with E-state index in [1.807, 2.05) is 12.3 Å². The Morgan fingerprint density at radius 3 is 2.73 bits per heavy atom. The summed E-state index contributed by atoms with van der Waals surface area (Å²) >= 11 is 0. The largest absolute Gasteiger partial charge is 0.477 e. The fraction of sp³-hybridized carbons (Fsp3) is 0.440. The maximum atomic E-state index is 13.5. The Kier molecular flexibility index (Phi) is 5.43. The molecule has 2 fully saturated rings. The Balaban J connectivity index is 1.47. The zero-order valence-corrected chi connectivity index (χ0v) is 19.7. The first kappa shape index (κ1) is 21.9. The molecular weight excluding hydrogens is 438 g/mol. The lowest BCUT2D eigenvalue weighted by atomic mass is 9.79. The van der Waals surface area contributed by atoms with Crippen LogP contribution in [0.5, 0.6) is 5.88 Å². The minimum Gasteiger partial charge on any atom is -0.477 e. The van der Waals surface area contributed by atoms with Crippen molar-refractivity contribution in [2.45, 2.75) is 62.2 Å². The molecule has 1 amide bonds. The molecule has 1 aromatic carbocycles. The number of sulfonamides is 1. The monoisotopic (exact) mass is 467 g/mol. The molecule has 5 rings (SSSR count). The number of benzene rings is 1. The first-order valence-corrected chi connectivity index (χ1v) is 13.0. The number of pyridine rings is 1. The standard InChI is InChI=1S/C25H29N3O4S/c1-16(2)15-32-23-20(13-18(14-27-23)17-5-3-6-17)25(10-11-25)24(29)28-33(30,31)22-8-4-7-21-19(22)9-12-26-21/h4,7-9,12-14,16-17,26H,3,5-6,10-11,15H2,1-2H3,(H,28,29). The highest BCUT2D eigenvalue weighted by molar-refractivity contribution is 7.90. The van der Waals surface area contributed by atoms with Crippen LogP contribution in [0.2, 0.25) is 0 Å². The normalized spacial score (nSPS) is 17.7. The number of nitrogens with zero attached hydrogens (tertiary/aromatic N) is 1. The number of aromatic nitrogens is 2. The predicted octanol–water partition coefficient (Wildman–Crippen LogP) is 4.40. The molecule has 2 saturated carbocycles. The minimum absolute atomic E-state index is 0.0861. The van der Waals surface area contributed by atoms with Gasteiger partial charge in [0.25, 0.3) is 10.0 Å². The van der Waals surface area contributed by atoms with Crippen LogP contribution in [0.3, 0.4) is 0 Å². The molecule has 33 heavy (non-hydrogen) atoms. The van der Waals surface area contributed by atoms with Gasteiger partial charge >= 0.3 is 0 Å². The molecule has 2 aliphatic rings. The van der Waals surface area contributed by atoms with Gasteiger partial charge in [0.05, 0.1) is 16.9 Å².